The zero-order chi connectivity index (χ0) is 12.8. The van der Waals surface area contributed by atoms with Crippen LogP contribution in [0.15, 0.2) is 24.8 Å². The lowest BCUT2D eigenvalue weighted by Crippen LogP contribution is -2.13. The van der Waals surface area contributed by atoms with Crippen LogP contribution in [-0.2, 0) is 6.54 Å². The van der Waals surface area contributed by atoms with Gasteiger partial charge in [-0.25, -0.2) is 15.8 Å². The van der Waals surface area contributed by atoms with Gasteiger partial charge in [0, 0.05) is 37.2 Å². The topological polar surface area (TPSA) is 93.7 Å². The monoisotopic (exact) mass is 247 g/mol. The molecule has 0 atom stereocenters. The maximum Gasteiger partial charge on any atom is 0.239 e. The number of aromatic nitrogens is 4. The van der Waals surface area contributed by atoms with Crippen LogP contribution in [0, 0.1) is 6.92 Å². The van der Waals surface area contributed by atoms with Crippen molar-refractivity contribution in [3.63, 3.8) is 0 Å². The van der Waals surface area contributed by atoms with Gasteiger partial charge >= 0.3 is 0 Å². The Balaban J connectivity index is 1.81. The van der Waals surface area contributed by atoms with Crippen LogP contribution in [0.3, 0.4) is 0 Å². The standard InChI is InChI=1S/C11H17N7/c1-9-7-10(16-11(15-9)17-12)14-3-2-5-18-6-4-13-8-18/h4,6-8H,2-3,5,12H2,1H3,(H2,14,15,16,17). The molecule has 0 aromatic carbocycles. The maximum atomic E-state index is 5.29. The first-order chi connectivity index (χ1) is 8.78. The number of nitrogens with one attached hydrogen (secondary N) is 2. The van der Waals surface area contributed by atoms with Crippen molar-refractivity contribution in [3.05, 3.63) is 30.5 Å². The van der Waals surface area contributed by atoms with Gasteiger partial charge in [-0.3, -0.25) is 5.43 Å². The molecular formula is C11H17N7. The van der Waals surface area contributed by atoms with Crippen molar-refractivity contribution < 1.29 is 0 Å². The second-order valence-electron chi connectivity index (χ2n) is 3.94. The molecule has 0 aliphatic rings. The number of nitrogens with zero attached hydrogens (tertiary/aromatic N) is 4. The first-order valence-electron chi connectivity index (χ1n) is 5.80. The molecule has 0 bridgehead atoms. The number of hydrogen-bond donors (Lipinski definition) is 3. The zero-order valence-corrected chi connectivity index (χ0v) is 10.3. The fraction of sp³-hybridized carbons (Fsp3) is 0.364. The van der Waals surface area contributed by atoms with E-state index in [1.165, 1.54) is 0 Å². The van der Waals surface area contributed by atoms with Crippen LogP contribution in [0.5, 0.6) is 0 Å². The van der Waals surface area contributed by atoms with Gasteiger partial charge in [-0.05, 0) is 13.3 Å². The van der Waals surface area contributed by atoms with E-state index in [1.54, 1.807) is 6.20 Å². The van der Waals surface area contributed by atoms with Crippen molar-refractivity contribution in [2.24, 2.45) is 5.84 Å². The fourth-order valence-corrected chi connectivity index (χ4v) is 1.62. The third-order valence-electron chi connectivity index (χ3n) is 2.44. The van der Waals surface area contributed by atoms with Crippen molar-refractivity contribution in [2.75, 3.05) is 17.3 Å². The molecule has 0 aliphatic heterocycles. The summed E-state index contributed by atoms with van der Waals surface area (Å²) >= 11 is 0. The van der Waals surface area contributed by atoms with Gasteiger partial charge in [-0.15, -0.1) is 0 Å². The largest absolute Gasteiger partial charge is 0.370 e. The summed E-state index contributed by atoms with van der Waals surface area (Å²) in [4.78, 5) is 12.3. The molecule has 0 fully saturated rings. The van der Waals surface area contributed by atoms with Crippen LogP contribution >= 0.6 is 0 Å². The van der Waals surface area contributed by atoms with Gasteiger partial charge < -0.3 is 9.88 Å². The molecule has 0 saturated carbocycles. The zero-order valence-electron chi connectivity index (χ0n) is 10.3. The number of hydrogen-bond acceptors (Lipinski definition) is 6. The minimum Gasteiger partial charge on any atom is -0.370 e. The van der Waals surface area contributed by atoms with Gasteiger partial charge in [0.05, 0.1) is 6.33 Å². The summed E-state index contributed by atoms with van der Waals surface area (Å²) in [5.41, 5.74) is 3.32. The Hall–Kier alpha value is -2.15. The van der Waals surface area contributed by atoms with Gasteiger partial charge in [0.25, 0.3) is 0 Å². The van der Waals surface area contributed by atoms with E-state index in [0.29, 0.717) is 5.95 Å². The molecule has 96 valence electrons. The Morgan fingerprint density at radius 1 is 1.39 bits per heavy atom. The van der Waals surface area contributed by atoms with Gasteiger partial charge in [0.1, 0.15) is 5.82 Å². The summed E-state index contributed by atoms with van der Waals surface area (Å²) in [5, 5.41) is 3.24. The SMILES string of the molecule is Cc1cc(NCCCn2ccnc2)nc(NN)n1. The quantitative estimate of drug-likeness (QED) is 0.396. The molecule has 0 spiro atoms. The average molecular weight is 247 g/mol. The molecule has 0 amide bonds. The van der Waals surface area contributed by atoms with Crippen LogP contribution in [0.25, 0.3) is 0 Å². The summed E-state index contributed by atoms with van der Waals surface area (Å²) in [6, 6.07) is 1.89. The Bertz CT molecular complexity index is 480. The van der Waals surface area contributed by atoms with E-state index in [0.717, 1.165) is 31.0 Å². The number of imidazole rings is 1. The van der Waals surface area contributed by atoms with Crippen LogP contribution in [0.2, 0.25) is 0 Å². The summed E-state index contributed by atoms with van der Waals surface area (Å²) in [6.45, 7) is 3.66. The predicted molar refractivity (Wildman–Crippen MR) is 69.9 cm³/mol. The lowest BCUT2D eigenvalue weighted by Gasteiger charge is -2.08. The molecule has 18 heavy (non-hydrogen) atoms. The highest BCUT2D eigenvalue weighted by Crippen LogP contribution is 2.08. The first-order valence-corrected chi connectivity index (χ1v) is 5.80. The molecular weight excluding hydrogens is 230 g/mol. The molecule has 0 aliphatic carbocycles. The van der Waals surface area contributed by atoms with E-state index in [9.17, 15) is 0 Å². The minimum atomic E-state index is 0.423. The molecule has 0 radical (unpaired) electrons. The second-order valence-corrected chi connectivity index (χ2v) is 3.94. The Morgan fingerprint density at radius 2 is 2.28 bits per heavy atom. The van der Waals surface area contributed by atoms with E-state index < -0.39 is 0 Å². The number of hydrazine groups is 1. The summed E-state index contributed by atoms with van der Waals surface area (Å²) in [6.07, 6.45) is 6.53. The van der Waals surface area contributed by atoms with Crippen molar-refractivity contribution in [1.82, 2.24) is 19.5 Å². The van der Waals surface area contributed by atoms with E-state index in [1.807, 2.05) is 30.1 Å². The number of nitrogen functional groups attached to an aromatic ring is 1. The van der Waals surface area contributed by atoms with Crippen molar-refractivity contribution >= 4 is 11.8 Å². The average Bonchev–Trinajstić information content (AvgIpc) is 2.87. The molecule has 2 heterocycles. The summed E-state index contributed by atoms with van der Waals surface area (Å²) in [5.74, 6) is 6.50. The smallest absolute Gasteiger partial charge is 0.239 e. The first kappa shape index (κ1) is 12.3. The van der Waals surface area contributed by atoms with E-state index >= 15 is 0 Å². The highest BCUT2D eigenvalue weighted by atomic mass is 15.3. The van der Waals surface area contributed by atoms with Crippen molar-refractivity contribution in [3.8, 4) is 0 Å². The third kappa shape index (κ3) is 3.42. The van der Waals surface area contributed by atoms with Gasteiger partial charge in [-0.2, -0.15) is 4.98 Å². The lowest BCUT2D eigenvalue weighted by atomic mass is 10.4. The van der Waals surface area contributed by atoms with Gasteiger partial charge in [-0.1, -0.05) is 0 Å². The predicted octanol–water partition coefficient (Wildman–Crippen LogP) is 0.769. The molecule has 0 saturated heterocycles. The Kier molecular flexibility index (Phi) is 4.08. The lowest BCUT2D eigenvalue weighted by molar-refractivity contribution is 0.660. The molecule has 7 nitrogen and oxygen atoms in total. The normalized spacial score (nSPS) is 10.3. The van der Waals surface area contributed by atoms with Crippen LogP contribution in [-0.4, -0.2) is 26.1 Å². The summed E-state index contributed by atoms with van der Waals surface area (Å²) in [7, 11) is 0. The highest BCUT2D eigenvalue weighted by molar-refractivity contribution is 5.41. The van der Waals surface area contributed by atoms with Gasteiger partial charge in [0.15, 0.2) is 0 Å². The number of aryl methyl sites for hydroxylation is 2. The van der Waals surface area contributed by atoms with Gasteiger partial charge in [0.2, 0.25) is 5.95 Å². The van der Waals surface area contributed by atoms with Crippen LogP contribution < -0.4 is 16.6 Å². The molecule has 2 rings (SSSR count). The fourth-order valence-electron chi connectivity index (χ4n) is 1.62. The van der Waals surface area contributed by atoms with Crippen molar-refractivity contribution in [1.29, 1.82) is 0 Å². The summed E-state index contributed by atoms with van der Waals surface area (Å²) < 4.78 is 2.04. The van der Waals surface area contributed by atoms with E-state index in [2.05, 4.69) is 25.7 Å². The van der Waals surface area contributed by atoms with Crippen molar-refractivity contribution in [2.45, 2.75) is 19.9 Å². The molecule has 7 heteroatoms. The second kappa shape index (κ2) is 5.97. The van der Waals surface area contributed by atoms with Crippen LogP contribution in [0.4, 0.5) is 11.8 Å². The number of nitrogens with two attached hydrogens (primary N) is 1. The van der Waals surface area contributed by atoms with E-state index in [4.69, 9.17) is 5.84 Å². The maximum absolute atomic E-state index is 5.29. The molecule has 2 aromatic rings. The third-order valence-corrected chi connectivity index (χ3v) is 2.44. The van der Waals surface area contributed by atoms with Crippen LogP contribution in [0.1, 0.15) is 12.1 Å². The Labute approximate surface area is 105 Å². The molecule has 4 N–H and O–H groups in total. The number of anilines is 2. The molecule has 0 unspecified atom stereocenters. The molecule has 2 aromatic heterocycles. The number of rotatable bonds is 6. The minimum absolute atomic E-state index is 0.423. The van der Waals surface area contributed by atoms with E-state index in [-0.39, 0.29) is 0 Å². The highest BCUT2D eigenvalue weighted by Gasteiger charge is 2.00. The Morgan fingerprint density at radius 3 is 3.00 bits per heavy atom.